The molecule has 0 radical (unpaired) electrons. The molecule has 8 heteroatoms. The van der Waals surface area contributed by atoms with E-state index in [1.807, 2.05) is 36.7 Å². The molecule has 0 bridgehead atoms. The lowest BCUT2D eigenvalue weighted by molar-refractivity contribution is 0.358. The van der Waals surface area contributed by atoms with E-state index in [4.69, 9.17) is 4.98 Å². The van der Waals surface area contributed by atoms with Gasteiger partial charge in [0.2, 0.25) is 11.9 Å². The van der Waals surface area contributed by atoms with Gasteiger partial charge in [-0.3, -0.25) is 5.32 Å². The summed E-state index contributed by atoms with van der Waals surface area (Å²) in [7, 11) is 0. The van der Waals surface area contributed by atoms with Gasteiger partial charge in [-0.05, 0) is 31.0 Å². The highest BCUT2D eigenvalue weighted by atomic mass is 15.2. The minimum absolute atomic E-state index is 0.425. The van der Waals surface area contributed by atoms with Crippen molar-refractivity contribution in [3.63, 3.8) is 0 Å². The molecule has 0 atom stereocenters. The molecule has 0 amide bonds. The summed E-state index contributed by atoms with van der Waals surface area (Å²) in [6.07, 6.45) is 11.4. The Bertz CT molecular complexity index is 1090. The van der Waals surface area contributed by atoms with Crippen LogP contribution in [0.15, 0.2) is 55.1 Å². The Morgan fingerprint density at radius 1 is 0.793 bits per heavy atom. The van der Waals surface area contributed by atoms with Crippen molar-refractivity contribution in [2.75, 3.05) is 10.6 Å². The summed E-state index contributed by atoms with van der Waals surface area (Å²) in [6.45, 7) is 0. The number of rotatable bonds is 5. The Balaban J connectivity index is 1.58. The first kappa shape index (κ1) is 17.5. The van der Waals surface area contributed by atoms with Crippen LogP contribution in [0.25, 0.3) is 11.2 Å². The van der Waals surface area contributed by atoms with Crippen LogP contribution in [0.4, 0.5) is 23.4 Å². The number of benzene rings is 1. The van der Waals surface area contributed by atoms with Gasteiger partial charge in [0.25, 0.3) is 0 Å². The van der Waals surface area contributed by atoms with Crippen molar-refractivity contribution >= 4 is 34.6 Å². The van der Waals surface area contributed by atoms with Gasteiger partial charge in [0.15, 0.2) is 17.0 Å². The zero-order valence-electron chi connectivity index (χ0n) is 16.0. The second kappa shape index (κ2) is 7.83. The Morgan fingerprint density at radius 2 is 1.59 bits per heavy atom. The molecule has 1 aliphatic carbocycles. The van der Waals surface area contributed by atoms with Crippen molar-refractivity contribution in [3.05, 3.63) is 55.1 Å². The molecule has 5 rings (SSSR count). The number of imidazole rings is 1. The highest BCUT2D eigenvalue weighted by Crippen LogP contribution is 2.32. The van der Waals surface area contributed by atoms with E-state index in [0.29, 0.717) is 23.8 Å². The van der Waals surface area contributed by atoms with Gasteiger partial charge in [-0.2, -0.15) is 9.97 Å². The topological polar surface area (TPSA) is 93.4 Å². The summed E-state index contributed by atoms with van der Waals surface area (Å²) in [5.74, 6) is 1.56. The van der Waals surface area contributed by atoms with Crippen LogP contribution >= 0.6 is 0 Å². The van der Waals surface area contributed by atoms with Gasteiger partial charge in [0.1, 0.15) is 0 Å². The molecule has 0 saturated heterocycles. The predicted molar refractivity (Wildman–Crippen MR) is 112 cm³/mol. The lowest BCUT2D eigenvalue weighted by Gasteiger charge is -2.23. The molecule has 1 saturated carbocycles. The second-order valence-corrected chi connectivity index (χ2v) is 7.20. The molecular weight excluding hydrogens is 364 g/mol. The van der Waals surface area contributed by atoms with Crippen LogP contribution in [0.2, 0.25) is 0 Å². The van der Waals surface area contributed by atoms with Crippen molar-refractivity contribution in [3.8, 4) is 0 Å². The van der Waals surface area contributed by atoms with E-state index < -0.39 is 0 Å². The highest BCUT2D eigenvalue weighted by molar-refractivity contribution is 5.86. The Hall–Kier alpha value is -3.55. The summed E-state index contributed by atoms with van der Waals surface area (Å²) < 4.78 is 2.20. The summed E-state index contributed by atoms with van der Waals surface area (Å²) in [6, 6.07) is 12.2. The minimum Gasteiger partial charge on any atom is -0.338 e. The van der Waals surface area contributed by atoms with Crippen LogP contribution in [-0.4, -0.2) is 29.5 Å². The first-order valence-electron chi connectivity index (χ1n) is 9.97. The molecular formula is C21H22N8. The zero-order chi connectivity index (χ0) is 19.5. The molecule has 1 aromatic carbocycles. The molecule has 29 heavy (non-hydrogen) atoms. The maximum absolute atomic E-state index is 4.77. The van der Waals surface area contributed by atoms with Gasteiger partial charge >= 0.3 is 0 Å². The fraction of sp³-hybridized carbons (Fsp3) is 0.286. The molecule has 2 N–H and O–H groups in total. The number of nitrogens with zero attached hydrogens (tertiary/aromatic N) is 6. The molecule has 0 aliphatic heterocycles. The van der Waals surface area contributed by atoms with Gasteiger partial charge in [-0.25, -0.2) is 15.0 Å². The van der Waals surface area contributed by atoms with Gasteiger partial charge in [-0.1, -0.05) is 37.5 Å². The van der Waals surface area contributed by atoms with Crippen molar-refractivity contribution in [2.24, 2.45) is 0 Å². The van der Waals surface area contributed by atoms with E-state index >= 15 is 0 Å². The monoisotopic (exact) mass is 386 g/mol. The maximum atomic E-state index is 4.77. The van der Waals surface area contributed by atoms with Crippen LogP contribution in [-0.2, 0) is 0 Å². The third-order valence-corrected chi connectivity index (χ3v) is 5.22. The number of fused-ring (bicyclic) bond motifs is 1. The average Bonchev–Trinajstić information content (AvgIpc) is 3.20. The SMILES string of the molecule is c1ccc(Nc2nc(Nc3ncccn3)nc3c2ncn3C2CCCCC2)cc1. The predicted octanol–water partition coefficient (Wildman–Crippen LogP) is 4.61. The number of para-hydroxylation sites is 1. The largest absolute Gasteiger partial charge is 0.338 e. The lowest BCUT2D eigenvalue weighted by Crippen LogP contribution is -2.13. The van der Waals surface area contributed by atoms with E-state index in [1.54, 1.807) is 18.5 Å². The molecule has 0 spiro atoms. The Kier molecular flexibility index (Phi) is 4.73. The third-order valence-electron chi connectivity index (χ3n) is 5.22. The fourth-order valence-electron chi connectivity index (χ4n) is 3.81. The number of nitrogens with one attached hydrogen (secondary N) is 2. The molecule has 3 aromatic heterocycles. The van der Waals surface area contributed by atoms with Gasteiger partial charge < -0.3 is 9.88 Å². The lowest BCUT2D eigenvalue weighted by atomic mass is 9.95. The molecule has 0 unspecified atom stereocenters. The van der Waals surface area contributed by atoms with E-state index in [1.165, 1.54) is 19.3 Å². The molecule has 4 aromatic rings. The third kappa shape index (κ3) is 3.73. The summed E-state index contributed by atoms with van der Waals surface area (Å²) in [5.41, 5.74) is 2.53. The van der Waals surface area contributed by atoms with Crippen LogP contribution in [0.3, 0.4) is 0 Å². The number of anilines is 4. The smallest absolute Gasteiger partial charge is 0.233 e. The van der Waals surface area contributed by atoms with Crippen molar-refractivity contribution in [1.82, 2.24) is 29.5 Å². The minimum atomic E-state index is 0.425. The number of hydrogen-bond donors (Lipinski definition) is 2. The first-order chi connectivity index (χ1) is 14.4. The quantitative estimate of drug-likeness (QED) is 0.517. The summed E-state index contributed by atoms with van der Waals surface area (Å²) in [5, 5.41) is 6.50. The second-order valence-electron chi connectivity index (χ2n) is 7.20. The molecule has 8 nitrogen and oxygen atoms in total. The van der Waals surface area contributed by atoms with E-state index in [-0.39, 0.29) is 0 Å². The zero-order valence-corrected chi connectivity index (χ0v) is 16.0. The summed E-state index contributed by atoms with van der Waals surface area (Å²) in [4.78, 5) is 22.5. The van der Waals surface area contributed by atoms with Crippen molar-refractivity contribution < 1.29 is 0 Å². The van der Waals surface area contributed by atoms with Crippen LogP contribution in [0, 0.1) is 0 Å². The Labute approximate surface area is 168 Å². The van der Waals surface area contributed by atoms with E-state index in [2.05, 4.69) is 35.1 Å². The molecule has 146 valence electrons. The normalized spacial score (nSPS) is 14.8. The molecule has 3 heterocycles. The van der Waals surface area contributed by atoms with Gasteiger partial charge in [0.05, 0.1) is 6.33 Å². The van der Waals surface area contributed by atoms with Crippen LogP contribution < -0.4 is 10.6 Å². The standard InChI is InChI=1S/C21H22N8/c1-3-8-15(9-4-1)25-18-17-19(29(14-24-17)16-10-5-2-6-11-16)27-21(26-18)28-20-22-12-7-13-23-20/h1,3-4,7-9,12-14,16H,2,5-6,10-11H2,(H2,22,23,25,26,27,28). The fourth-order valence-corrected chi connectivity index (χ4v) is 3.81. The first-order valence-corrected chi connectivity index (χ1v) is 9.97. The molecule has 1 fully saturated rings. The van der Waals surface area contributed by atoms with Crippen molar-refractivity contribution in [1.29, 1.82) is 0 Å². The van der Waals surface area contributed by atoms with Crippen LogP contribution in [0.1, 0.15) is 38.1 Å². The van der Waals surface area contributed by atoms with Crippen molar-refractivity contribution in [2.45, 2.75) is 38.1 Å². The average molecular weight is 386 g/mol. The summed E-state index contributed by atoms with van der Waals surface area (Å²) >= 11 is 0. The van der Waals surface area contributed by atoms with Gasteiger partial charge in [0, 0.05) is 24.1 Å². The highest BCUT2D eigenvalue weighted by Gasteiger charge is 2.21. The van der Waals surface area contributed by atoms with Gasteiger partial charge in [-0.15, -0.1) is 0 Å². The maximum Gasteiger partial charge on any atom is 0.233 e. The number of aromatic nitrogens is 6. The van der Waals surface area contributed by atoms with E-state index in [0.717, 1.165) is 29.7 Å². The molecule has 1 aliphatic rings. The Morgan fingerprint density at radius 3 is 2.38 bits per heavy atom. The van der Waals surface area contributed by atoms with Crippen LogP contribution in [0.5, 0.6) is 0 Å². The number of hydrogen-bond acceptors (Lipinski definition) is 7. The van der Waals surface area contributed by atoms with E-state index in [9.17, 15) is 0 Å².